The SMILES string of the molecule is COc1cc(F)c(C(C)C)cc1OB(O)O. The van der Waals surface area contributed by atoms with Gasteiger partial charge in [-0.25, -0.2) is 4.39 Å². The molecule has 0 bridgehead atoms. The molecule has 1 aromatic rings. The first-order valence-electron chi connectivity index (χ1n) is 4.86. The number of methoxy groups -OCH3 is 1. The van der Waals surface area contributed by atoms with Crippen molar-refractivity contribution >= 4 is 7.32 Å². The van der Waals surface area contributed by atoms with Gasteiger partial charge in [-0.15, -0.1) is 0 Å². The maximum Gasteiger partial charge on any atom is 0.707 e. The smallest absolute Gasteiger partial charge is 0.509 e. The van der Waals surface area contributed by atoms with Crippen molar-refractivity contribution in [2.45, 2.75) is 19.8 Å². The van der Waals surface area contributed by atoms with Crippen molar-refractivity contribution in [2.24, 2.45) is 0 Å². The summed E-state index contributed by atoms with van der Waals surface area (Å²) in [6, 6.07) is 2.56. The van der Waals surface area contributed by atoms with Gasteiger partial charge in [0, 0.05) is 6.07 Å². The van der Waals surface area contributed by atoms with Crippen LogP contribution in [0, 0.1) is 5.82 Å². The van der Waals surface area contributed by atoms with Crippen LogP contribution in [0.25, 0.3) is 0 Å². The van der Waals surface area contributed by atoms with Crippen LogP contribution < -0.4 is 9.39 Å². The Balaban J connectivity index is 3.17. The number of hydrogen-bond acceptors (Lipinski definition) is 4. The fraction of sp³-hybridized carbons (Fsp3) is 0.400. The highest BCUT2D eigenvalue weighted by Crippen LogP contribution is 2.33. The molecule has 0 heterocycles. The number of benzene rings is 1. The van der Waals surface area contributed by atoms with Crippen molar-refractivity contribution in [1.82, 2.24) is 0 Å². The number of rotatable bonds is 4. The number of halogens is 1. The molecule has 2 N–H and O–H groups in total. The van der Waals surface area contributed by atoms with E-state index in [4.69, 9.17) is 19.4 Å². The second-order valence-electron chi connectivity index (χ2n) is 3.62. The summed E-state index contributed by atoms with van der Waals surface area (Å²) >= 11 is 0. The lowest BCUT2D eigenvalue weighted by Crippen LogP contribution is -2.21. The van der Waals surface area contributed by atoms with Crippen LogP contribution in [0.1, 0.15) is 25.3 Å². The molecule has 1 rings (SSSR count). The zero-order valence-corrected chi connectivity index (χ0v) is 9.40. The van der Waals surface area contributed by atoms with Crippen molar-refractivity contribution in [1.29, 1.82) is 0 Å². The third-order valence-corrected chi connectivity index (χ3v) is 2.14. The molecule has 0 spiro atoms. The molecule has 0 amide bonds. The van der Waals surface area contributed by atoms with Crippen LogP contribution in [0.5, 0.6) is 11.5 Å². The molecule has 0 radical (unpaired) electrons. The summed E-state index contributed by atoms with van der Waals surface area (Å²) in [7, 11) is -0.611. The molecule has 0 aliphatic rings. The largest absolute Gasteiger partial charge is 0.707 e. The molecule has 0 fully saturated rings. The van der Waals surface area contributed by atoms with Gasteiger partial charge in [0.05, 0.1) is 7.11 Å². The summed E-state index contributed by atoms with van der Waals surface area (Å²) in [5.41, 5.74) is 0.427. The van der Waals surface area contributed by atoms with Crippen molar-refractivity contribution in [3.8, 4) is 11.5 Å². The van der Waals surface area contributed by atoms with Crippen molar-refractivity contribution in [3.63, 3.8) is 0 Å². The summed E-state index contributed by atoms with van der Waals surface area (Å²) in [6.45, 7) is 3.65. The lowest BCUT2D eigenvalue weighted by molar-refractivity contribution is 0.278. The summed E-state index contributed by atoms with van der Waals surface area (Å²) < 4.78 is 23.1. The van der Waals surface area contributed by atoms with Gasteiger partial charge < -0.3 is 19.4 Å². The molecule has 88 valence electrons. The van der Waals surface area contributed by atoms with Gasteiger partial charge >= 0.3 is 7.32 Å². The lowest BCUT2D eigenvalue weighted by Gasteiger charge is -2.14. The Morgan fingerprint density at radius 3 is 2.31 bits per heavy atom. The average molecular weight is 228 g/mol. The molecule has 1 aromatic carbocycles. The van der Waals surface area contributed by atoms with E-state index < -0.39 is 13.1 Å². The van der Waals surface area contributed by atoms with Gasteiger partial charge in [-0.1, -0.05) is 13.8 Å². The van der Waals surface area contributed by atoms with Crippen molar-refractivity contribution in [3.05, 3.63) is 23.5 Å². The monoisotopic (exact) mass is 228 g/mol. The molecule has 0 aromatic heterocycles. The molecule has 16 heavy (non-hydrogen) atoms. The van der Waals surface area contributed by atoms with E-state index in [2.05, 4.69) is 0 Å². The Morgan fingerprint density at radius 2 is 1.88 bits per heavy atom. The van der Waals surface area contributed by atoms with Gasteiger partial charge in [-0.2, -0.15) is 0 Å². The Hall–Kier alpha value is -1.27. The standard InChI is InChI=1S/C10H14BFO4/c1-6(2)7-4-10(16-11(13)14)9(15-3)5-8(7)12/h4-6,13-14H,1-3H3. The molecule has 4 nitrogen and oxygen atoms in total. The third-order valence-electron chi connectivity index (χ3n) is 2.14. The minimum atomic E-state index is -1.96. The summed E-state index contributed by atoms with van der Waals surface area (Å²) in [5, 5.41) is 17.4. The number of hydrogen-bond donors (Lipinski definition) is 2. The molecular formula is C10H14BFO4. The molecule has 0 saturated heterocycles. The Morgan fingerprint density at radius 1 is 1.25 bits per heavy atom. The van der Waals surface area contributed by atoms with E-state index in [9.17, 15) is 4.39 Å². The Kier molecular flexibility index (Phi) is 4.15. The highest BCUT2D eigenvalue weighted by atomic mass is 19.1. The van der Waals surface area contributed by atoms with Gasteiger partial charge in [0.15, 0.2) is 5.75 Å². The molecular weight excluding hydrogens is 214 g/mol. The minimum Gasteiger partial charge on any atom is -0.509 e. The molecule has 6 heteroatoms. The van der Waals surface area contributed by atoms with Crippen LogP contribution in [-0.2, 0) is 0 Å². The zero-order chi connectivity index (χ0) is 12.3. The van der Waals surface area contributed by atoms with Crippen molar-refractivity contribution < 1.29 is 23.8 Å². The van der Waals surface area contributed by atoms with E-state index in [-0.39, 0.29) is 17.4 Å². The second kappa shape index (κ2) is 5.18. The highest BCUT2D eigenvalue weighted by molar-refractivity contribution is 6.33. The highest BCUT2D eigenvalue weighted by Gasteiger charge is 2.18. The van der Waals surface area contributed by atoms with Crippen LogP contribution in [0.4, 0.5) is 4.39 Å². The summed E-state index contributed by atoms with van der Waals surface area (Å²) in [4.78, 5) is 0. The van der Waals surface area contributed by atoms with E-state index in [0.717, 1.165) is 6.07 Å². The van der Waals surface area contributed by atoms with Gasteiger partial charge in [0.1, 0.15) is 11.6 Å². The maximum atomic E-state index is 13.5. The fourth-order valence-corrected chi connectivity index (χ4v) is 1.36. The van der Waals surface area contributed by atoms with E-state index >= 15 is 0 Å². The quantitative estimate of drug-likeness (QED) is 0.762. The first-order chi connectivity index (χ1) is 7.45. The minimum absolute atomic E-state index is 0.0379. The van der Waals surface area contributed by atoms with E-state index in [0.29, 0.717) is 5.56 Å². The van der Waals surface area contributed by atoms with Crippen LogP contribution in [0.15, 0.2) is 12.1 Å². The predicted molar refractivity (Wildman–Crippen MR) is 57.9 cm³/mol. The normalized spacial score (nSPS) is 10.4. The first-order valence-corrected chi connectivity index (χ1v) is 4.86. The first kappa shape index (κ1) is 12.8. The molecule has 0 unspecified atom stereocenters. The maximum absolute atomic E-state index is 13.5. The zero-order valence-electron chi connectivity index (χ0n) is 9.40. The third kappa shape index (κ3) is 2.87. The second-order valence-corrected chi connectivity index (χ2v) is 3.62. The fourth-order valence-electron chi connectivity index (χ4n) is 1.36. The average Bonchev–Trinajstić information content (AvgIpc) is 2.18. The van der Waals surface area contributed by atoms with Gasteiger partial charge in [-0.05, 0) is 17.5 Å². The lowest BCUT2D eigenvalue weighted by atomic mass is 10.0. The Bertz CT molecular complexity index is 368. The molecule has 0 atom stereocenters. The van der Waals surface area contributed by atoms with Crippen LogP contribution >= 0.6 is 0 Å². The van der Waals surface area contributed by atoms with E-state index in [1.165, 1.54) is 13.2 Å². The topological polar surface area (TPSA) is 58.9 Å². The van der Waals surface area contributed by atoms with Gasteiger partial charge in [0.25, 0.3) is 0 Å². The van der Waals surface area contributed by atoms with Crippen LogP contribution in [0.3, 0.4) is 0 Å². The molecule has 0 aliphatic heterocycles. The summed E-state index contributed by atoms with van der Waals surface area (Å²) in [5.74, 6) is -0.228. The van der Waals surface area contributed by atoms with E-state index in [1.54, 1.807) is 0 Å². The number of ether oxygens (including phenoxy) is 1. The van der Waals surface area contributed by atoms with Crippen molar-refractivity contribution in [2.75, 3.05) is 7.11 Å². The van der Waals surface area contributed by atoms with E-state index in [1.807, 2.05) is 13.8 Å². The van der Waals surface area contributed by atoms with Gasteiger partial charge in [0.2, 0.25) is 0 Å². The molecule has 0 saturated carbocycles. The Labute approximate surface area is 93.8 Å². The predicted octanol–water partition coefficient (Wildman–Crippen LogP) is 1.31. The van der Waals surface area contributed by atoms with Crippen LogP contribution in [-0.4, -0.2) is 24.5 Å². The summed E-state index contributed by atoms with van der Waals surface area (Å²) in [6.07, 6.45) is 0. The van der Waals surface area contributed by atoms with Crippen LogP contribution in [0.2, 0.25) is 0 Å². The van der Waals surface area contributed by atoms with Gasteiger partial charge in [-0.3, -0.25) is 0 Å². The molecule has 0 aliphatic carbocycles.